The summed E-state index contributed by atoms with van der Waals surface area (Å²) in [5, 5.41) is 7.70. The number of nitrogens with one attached hydrogen (secondary N) is 1. The summed E-state index contributed by atoms with van der Waals surface area (Å²) in [6.07, 6.45) is 1.52. The molecule has 1 aromatic heterocycles. The van der Waals surface area contributed by atoms with Crippen LogP contribution in [-0.2, 0) is 12.8 Å². The average molecular weight is 498 g/mol. The lowest BCUT2D eigenvalue weighted by Crippen LogP contribution is -2.23. The number of hydrogen-bond acceptors (Lipinski definition) is 4. The van der Waals surface area contributed by atoms with Crippen LogP contribution in [0.1, 0.15) is 18.4 Å². The summed E-state index contributed by atoms with van der Waals surface area (Å²) >= 11 is 5.88. The highest BCUT2D eigenvalue weighted by atomic mass is 127. The molecule has 0 saturated heterocycles. The topological polar surface area (TPSA) is 89.3 Å². The van der Waals surface area contributed by atoms with E-state index >= 15 is 0 Å². The molecule has 0 aliphatic heterocycles. The van der Waals surface area contributed by atoms with Crippen molar-refractivity contribution in [1.82, 2.24) is 10.1 Å². The van der Waals surface area contributed by atoms with Crippen LogP contribution in [0.3, 0.4) is 0 Å². The van der Waals surface area contributed by atoms with E-state index in [2.05, 4.69) is 39.5 Å². The van der Waals surface area contributed by atoms with Gasteiger partial charge < -0.3 is 15.6 Å². The number of aryl methyl sites for hydroxylation is 1. The molecule has 3 N–H and O–H groups in total. The molecule has 0 amide bonds. The zero-order valence-corrected chi connectivity index (χ0v) is 17.9. The molecular formula is C19H21ClIN5O. The Kier molecular flexibility index (Phi) is 8.05. The van der Waals surface area contributed by atoms with Crippen LogP contribution in [0.4, 0.5) is 5.69 Å². The van der Waals surface area contributed by atoms with Crippen LogP contribution < -0.4 is 11.1 Å². The maximum Gasteiger partial charge on any atom is 0.228 e. The number of guanidine groups is 1. The minimum atomic E-state index is 0. The third kappa shape index (κ3) is 6.21. The quantitative estimate of drug-likeness (QED) is 0.296. The normalized spacial score (nSPS) is 11.1. The van der Waals surface area contributed by atoms with Gasteiger partial charge in [-0.1, -0.05) is 35.8 Å². The molecule has 0 radical (unpaired) electrons. The van der Waals surface area contributed by atoms with Gasteiger partial charge >= 0.3 is 0 Å². The number of rotatable bonds is 6. The second-order valence-corrected chi connectivity index (χ2v) is 6.15. The first-order valence-electron chi connectivity index (χ1n) is 8.38. The van der Waals surface area contributed by atoms with Crippen LogP contribution >= 0.6 is 35.6 Å². The lowest BCUT2D eigenvalue weighted by atomic mass is 10.1. The van der Waals surface area contributed by atoms with Gasteiger partial charge in [0.1, 0.15) is 0 Å². The molecule has 0 atom stereocenters. The van der Waals surface area contributed by atoms with E-state index in [-0.39, 0.29) is 24.0 Å². The summed E-state index contributed by atoms with van der Waals surface area (Å²) in [4.78, 5) is 8.65. The fourth-order valence-corrected chi connectivity index (χ4v) is 2.48. The first-order chi connectivity index (χ1) is 12.6. The molecule has 0 unspecified atom stereocenters. The number of aliphatic imine (C=N–C) groups is 1. The Balaban J connectivity index is 0.00000261. The van der Waals surface area contributed by atoms with Crippen molar-refractivity contribution in [2.45, 2.75) is 19.8 Å². The highest BCUT2D eigenvalue weighted by Gasteiger charge is 2.08. The maximum absolute atomic E-state index is 5.91. The van der Waals surface area contributed by atoms with E-state index in [0.717, 1.165) is 17.7 Å². The Morgan fingerprint density at radius 2 is 1.85 bits per heavy atom. The molecule has 0 spiro atoms. The average Bonchev–Trinajstić information content (AvgIpc) is 3.12. The van der Waals surface area contributed by atoms with Gasteiger partial charge in [-0.3, -0.25) is 4.99 Å². The van der Waals surface area contributed by atoms with Gasteiger partial charge in [0.05, 0.1) is 6.54 Å². The van der Waals surface area contributed by atoms with Crippen LogP contribution in [0.25, 0.3) is 11.4 Å². The molecular weight excluding hydrogens is 477 g/mol. The van der Waals surface area contributed by atoms with Crippen LogP contribution in [-0.4, -0.2) is 22.6 Å². The van der Waals surface area contributed by atoms with E-state index in [4.69, 9.17) is 21.9 Å². The van der Waals surface area contributed by atoms with E-state index < -0.39 is 0 Å². The van der Waals surface area contributed by atoms with Gasteiger partial charge in [0.2, 0.25) is 11.7 Å². The van der Waals surface area contributed by atoms with Crippen molar-refractivity contribution < 1.29 is 4.52 Å². The highest BCUT2D eigenvalue weighted by molar-refractivity contribution is 14.0. The Bertz CT molecular complexity index is 878. The standard InChI is InChI=1S/C19H20ClN5O.HI/c1-2-13-3-9-16(10-4-13)23-19(21)22-12-11-17-24-18(25-26-17)14-5-7-15(20)8-6-14;/h3-10H,2,11-12H2,1H3,(H3,21,22,23);1H. The summed E-state index contributed by atoms with van der Waals surface area (Å²) in [6, 6.07) is 15.4. The molecule has 27 heavy (non-hydrogen) atoms. The summed E-state index contributed by atoms with van der Waals surface area (Å²) < 4.78 is 5.25. The minimum Gasteiger partial charge on any atom is -0.370 e. The predicted octanol–water partition coefficient (Wildman–Crippen LogP) is 4.54. The molecule has 142 valence electrons. The largest absolute Gasteiger partial charge is 0.370 e. The maximum atomic E-state index is 5.91. The first kappa shape index (κ1) is 21.2. The molecule has 1 heterocycles. The number of nitrogens with zero attached hydrogens (tertiary/aromatic N) is 3. The lowest BCUT2D eigenvalue weighted by Gasteiger charge is -2.06. The van der Waals surface area contributed by atoms with Gasteiger partial charge in [0, 0.05) is 22.7 Å². The fraction of sp³-hybridized carbons (Fsp3) is 0.211. The molecule has 0 saturated carbocycles. The molecule has 0 aliphatic rings. The minimum absolute atomic E-state index is 0. The Morgan fingerprint density at radius 3 is 2.52 bits per heavy atom. The summed E-state index contributed by atoms with van der Waals surface area (Å²) in [6.45, 7) is 2.57. The third-order valence-corrected chi connectivity index (χ3v) is 4.06. The van der Waals surface area contributed by atoms with Gasteiger partial charge in [0.15, 0.2) is 5.96 Å². The number of nitrogens with two attached hydrogens (primary N) is 1. The van der Waals surface area contributed by atoms with Gasteiger partial charge in [-0.25, -0.2) is 0 Å². The molecule has 2 aromatic carbocycles. The molecule has 0 bridgehead atoms. The monoisotopic (exact) mass is 497 g/mol. The van der Waals surface area contributed by atoms with Gasteiger partial charge in [-0.15, -0.1) is 24.0 Å². The molecule has 0 fully saturated rings. The van der Waals surface area contributed by atoms with Crippen LogP contribution in [0, 0.1) is 0 Å². The number of aromatic nitrogens is 2. The Labute approximate surface area is 180 Å². The van der Waals surface area contributed by atoms with E-state index in [0.29, 0.717) is 35.7 Å². The van der Waals surface area contributed by atoms with E-state index in [1.807, 2.05) is 24.3 Å². The second kappa shape index (κ2) is 10.3. The van der Waals surface area contributed by atoms with E-state index in [9.17, 15) is 0 Å². The van der Waals surface area contributed by atoms with Crippen LogP contribution in [0.2, 0.25) is 5.02 Å². The molecule has 0 aliphatic carbocycles. The number of benzene rings is 2. The molecule has 3 aromatic rings. The van der Waals surface area contributed by atoms with E-state index in [1.165, 1.54) is 5.56 Å². The highest BCUT2D eigenvalue weighted by Crippen LogP contribution is 2.18. The van der Waals surface area contributed by atoms with Crippen molar-refractivity contribution in [1.29, 1.82) is 0 Å². The third-order valence-electron chi connectivity index (χ3n) is 3.81. The van der Waals surface area contributed by atoms with Crippen LogP contribution in [0.15, 0.2) is 58.0 Å². The van der Waals surface area contributed by atoms with E-state index in [1.54, 1.807) is 12.1 Å². The van der Waals surface area contributed by atoms with Gasteiger partial charge in [-0.2, -0.15) is 4.98 Å². The van der Waals surface area contributed by atoms with Crippen molar-refractivity contribution in [3.8, 4) is 11.4 Å². The van der Waals surface area contributed by atoms with Crippen molar-refractivity contribution in [3.63, 3.8) is 0 Å². The number of anilines is 1. The second-order valence-electron chi connectivity index (χ2n) is 5.71. The zero-order valence-electron chi connectivity index (χ0n) is 14.9. The van der Waals surface area contributed by atoms with Crippen molar-refractivity contribution >= 4 is 47.2 Å². The van der Waals surface area contributed by atoms with Gasteiger partial charge in [-0.05, 0) is 48.4 Å². The van der Waals surface area contributed by atoms with Crippen molar-refractivity contribution in [2.24, 2.45) is 10.7 Å². The number of hydrogen-bond donors (Lipinski definition) is 2. The molecule has 8 heteroatoms. The summed E-state index contributed by atoms with van der Waals surface area (Å²) in [5.41, 5.74) is 8.95. The lowest BCUT2D eigenvalue weighted by molar-refractivity contribution is 0.380. The Morgan fingerprint density at radius 1 is 1.15 bits per heavy atom. The molecule has 3 rings (SSSR count). The first-order valence-corrected chi connectivity index (χ1v) is 8.76. The summed E-state index contributed by atoms with van der Waals surface area (Å²) in [5.74, 6) is 1.40. The zero-order chi connectivity index (χ0) is 18.4. The summed E-state index contributed by atoms with van der Waals surface area (Å²) in [7, 11) is 0. The Hall–Kier alpha value is -2.13. The predicted molar refractivity (Wildman–Crippen MR) is 120 cm³/mol. The fourth-order valence-electron chi connectivity index (χ4n) is 2.36. The van der Waals surface area contributed by atoms with Crippen LogP contribution in [0.5, 0.6) is 0 Å². The number of halogens is 2. The SMILES string of the molecule is CCc1ccc(NC(N)=NCCc2nc(-c3ccc(Cl)cc3)no2)cc1.I. The van der Waals surface area contributed by atoms with Crippen molar-refractivity contribution in [2.75, 3.05) is 11.9 Å². The van der Waals surface area contributed by atoms with Gasteiger partial charge in [0.25, 0.3) is 0 Å². The smallest absolute Gasteiger partial charge is 0.228 e. The molecule has 6 nitrogen and oxygen atoms in total. The van der Waals surface area contributed by atoms with Crippen molar-refractivity contribution in [3.05, 3.63) is 65.0 Å².